The van der Waals surface area contributed by atoms with Gasteiger partial charge in [0.25, 0.3) is 0 Å². The van der Waals surface area contributed by atoms with Gasteiger partial charge in [0.1, 0.15) is 11.9 Å². The lowest BCUT2D eigenvalue weighted by molar-refractivity contribution is -0.137. The molecule has 0 saturated carbocycles. The number of H-pyrrole nitrogens is 1. The van der Waals surface area contributed by atoms with Crippen molar-refractivity contribution >= 4 is 0 Å². The fourth-order valence-electron chi connectivity index (χ4n) is 3.03. The Morgan fingerprint density at radius 2 is 2.15 bits per heavy atom. The number of benzene rings is 1. The molecule has 1 atom stereocenters. The standard InChI is InChI=1S/C19H24F3N3O2/c1-13(2)25-7-9-27-18(12-25)17-11-15(23-24-17)6-8-26-16-5-3-4-14(10-16)19(20,21)22/h3-5,10-11,13,18H,6-9,12H2,1-2H3,(H,23,24)/t18-/m0/s1. The first kappa shape index (κ1) is 19.7. The van der Waals surface area contributed by atoms with Gasteiger partial charge in [-0.3, -0.25) is 10.00 Å². The monoisotopic (exact) mass is 383 g/mol. The summed E-state index contributed by atoms with van der Waals surface area (Å²) in [6.07, 6.45) is -3.93. The fourth-order valence-corrected chi connectivity index (χ4v) is 3.03. The number of hydrogen-bond acceptors (Lipinski definition) is 4. The lowest BCUT2D eigenvalue weighted by Crippen LogP contribution is -2.42. The summed E-state index contributed by atoms with van der Waals surface area (Å²) < 4.78 is 49.5. The van der Waals surface area contributed by atoms with Crippen LogP contribution < -0.4 is 4.74 Å². The molecule has 2 aromatic rings. The number of morpholine rings is 1. The van der Waals surface area contributed by atoms with E-state index in [1.165, 1.54) is 12.1 Å². The third-order valence-electron chi connectivity index (χ3n) is 4.61. The topological polar surface area (TPSA) is 50.4 Å². The third-order valence-corrected chi connectivity index (χ3v) is 4.61. The van der Waals surface area contributed by atoms with Crippen molar-refractivity contribution in [1.82, 2.24) is 15.1 Å². The number of halogens is 3. The molecule has 1 aliphatic rings. The zero-order valence-corrected chi connectivity index (χ0v) is 15.4. The Kier molecular flexibility index (Phi) is 6.06. The second-order valence-electron chi connectivity index (χ2n) is 6.89. The first-order chi connectivity index (χ1) is 12.8. The Morgan fingerprint density at radius 3 is 2.89 bits per heavy atom. The predicted molar refractivity (Wildman–Crippen MR) is 94.6 cm³/mol. The maximum atomic E-state index is 12.7. The van der Waals surface area contributed by atoms with Crippen LogP contribution in [-0.2, 0) is 17.3 Å². The zero-order chi connectivity index (χ0) is 19.4. The van der Waals surface area contributed by atoms with Crippen molar-refractivity contribution in [2.75, 3.05) is 26.3 Å². The molecule has 0 radical (unpaired) electrons. The molecule has 1 aliphatic heterocycles. The number of ether oxygens (including phenoxy) is 2. The Morgan fingerprint density at radius 1 is 1.33 bits per heavy atom. The van der Waals surface area contributed by atoms with Crippen molar-refractivity contribution in [3.63, 3.8) is 0 Å². The van der Waals surface area contributed by atoms with E-state index in [-0.39, 0.29) is 18.5 Å². The van der Waals surface area contributed by atoms with Crippen molar-refractivity contribution in [1.29, 1.82) is 0 Å². The zero-order valence-electron chi connectivity index (χ0n) is 15.4. The van der Waals surface area contributed by atoms with Gasteiger partial charge in [-0.2, -0.15) is 18.3 Å². The largest absolute Gasteiger partial charge is 0.493 e. The van der Waals surface area contributed by atoms with Crippen LogP contribution in [0, 0.1) is 0 Å². The molecular formula is C19H24F3N3O2. The smallest absolute Gasteiger partial charge is 0.416 e. The van der Waals surface area contributed by atoms with Crippen LogP contribution >= 0.6 is 0 Å². The minimum absolute atomic E-state index is 0.0736. The SMILES string of the molecule is CC(C)N1CCO[C@H](c2cc(CCOc3cccc(C(F)(F)F)c3)[nH]n2)C1. The van der Waals surface area contributed by atoms with Crippen LogP contribution in [0.2, 0.25) is 0 Å². The molecule has 0 unspecified atom stereocenters. The summed E-state index contributed by atoms with van der Waals surface area (Å²) in [6.45, 7) is 6.95. The van der Waals surface area contributed by atoms with E-state index in [1.54, 1.807) is 0 Å². The van der Waals surface area contributed by atoms with Gasteiger partial charge >= 0.3 is 6.18 Å². The van der Waals surface area contributed by atoms with Crippen LogP contribution in [0.5, 0.6) is 5.75 Å². The van der Waals surface area contributed by atoms with Crippen LogP contribution in [-0.4, -0.2) is 47.4 Å². The first-order valence-corrected chi connectivity index (χ1v) is 9.03. The molecule has 0 aliphatic carbocycles. The van der Waals surface area contributed by atoms with E-state index >= 15 is 0 Å². The molecule has 1 aromatic carbocycles. The molecule has 1 N–H and O–H groups in total. The van der Waals surface area contributed by atoms with Crippen molar-refractivity contribution in [2.45, 2.75) is 38.6 Å². The molecule has 0 amide bonds. The summed E-state index contributed by atoms with van der Waals surface area (Å²) in [7, 11) is 0. The van der Waals surface area contributed by atoms with Crippen molar-refractivity contribution in [3.8, 4) is 5.75 Å². The van der Waals surface area contributed by atoms with Crippen LogP contribution in [0.4, 0.5) is 13.2 Å². The second kappa shape index (κ2) is 8.31. The summed E-state index contributed by atoms with van der Waals surface area (Å²) >= 11 is 0. The number of nitrogens with zero attached hydrogens (tertiary/aromatic N) is 2. The normalized spacial score (nSPS) is 18.8. The predicted octanol–water partition coefficient (Wildman–Crippen LogP) is 3.83. The van der Waals surface area contributed by atoms with E-state index in [9.17, 15) is 13.2 Å². The van der Waals surface area contributed by atoms with Gasteiger partial charge in [-0.05, 0) is 38.1 Å². The maximum absolute atomic E-state index is 12.7. The van der Waals surface area contributed by atoms with Crippen molar-refractivity contribution in [3.05, 3.63) is 47.3 Å². The summed E-state index contributed by atoms with van der Waals surface area (Å²) in [4.78, 5) is 2.35. The minimum atomic E-state index is -4.37. The highest BCUT2D eigenvalue weighted by Gasteiger charge is 2.30. The van der Waals surface area contributed by atoms with E-state index < -0.39 is 11.7 Å². The van der Waals surface area contributed by atoms with Crippen molar-refractivity contribution in [2.24, 2.45) is 0 Å². The number of nitrogens with one attached hydrogen (secondary N) is 1. The molecule has 148 valence electrons. The second-order valence-corrected chi connectivity index (χ2v) is 6.89. The molecule has 0 bridgehead atoms. The highest BCUT2D eigenvalue weighted by Crippen LogP contribution is 2.31. The first-order valence-electron chi connectivity index (χ1n) is 9.03. The van der Waals surface area contributed by atoms with E-state index in [0.29, 0.717) is 19.1 Å². The molecule has 0 spiro atoms. The molecule has 8 heteroatoms. The van der Waals surface area contributed by atoms with Gasteiger partial charge in [0.05, 0.1) is 24.5 Å². The van der Waals surface area contributed by atoms with Crippen molar-refractivity contribution < 1.29 is 22.6 Å². The van der Waals surface area contributed by atoms with E-state index in [0.717, 1.165) is 36.6 Å². The molecule has 1 fully saturated rings. The van der Waals surface area contributed by atoms with Gasteiger partial charge in [-0.15, -0.1) is 0 Å². The molecule has 5 nitrogen and oxygen atoms in total. The van der Waals surface area contributed by atoms with E-state index in [4.69, 9.17) is 9.47 Å². The number of alkyl halides is 3. The van der Waals surface area contributed by atoms with Gasteiger partial charge in [-0.1, -0.05) is 6.07 Å². The molecule has 2 heterocycles. The highest BCUT2D eigenvalue weighted by atomic mass is 19.4. The van der Waals surface area contributed by atoms with Crippen LogP contribution in [0.3, 0.4) is 0 Å². The summed E-state index contributed by atoms with van der Waals surface area (Å²) in [5, 5.41) is 7.29. The Labute approximate surface area is 156 Å². The Hall–Kier alpha value is -2.06. The average Bonchev–Trinajstić information content (AvgIpc) is 3.10. The molecule has 1 saturated heterocycles. The maximum Gasteiger partial charge on any atom is 0.416 e. The fraction of sp³-hybridized carbons (Fsp3) is 0.526. The van der Waals surface area contributed by atoms with E-state index in [2.05, 4.69) is 28.9 Å². The van der Waals surface area contributed by atoms with Gasteiger partial charge in [0, 0.05) is 31.2 Å². The Balaban J connectivity index is 1.53. The van der Waals surface area contributed by atoms with Gasteiger partial charge in [0.15, 0.2) is 0 Å². The lowest BCUT2D eigenvalue weighted by atomic mass is 10.1. The Bertz CT molecular complexity index is 746. The quantitative estimate of drug-likeness (QED) is 0.824. The van der Waals surface area contributed by atoms with Crippen LogP contribution in [0.1, 0.15) is 36.9 Å². The van der Waals surface area contributed by atoms with Gasteiger partial charge < -0.3 is 9.47 Å². The number of aromatic nitrogens is 2. The number of rotatable bonds is 6. The molecule has 27 heavy (non-hydrogen) atoms. The average molecular weight is 383 g/mol. The molecule has 1 aromatic heterocycles. The summed E-state index contributed by atoms with van der Waals surface area (Å²) in [5.74, 6) is 0.202. The van der Waals surface area contributed by atoms with Crippen LogP contribution in [0.15, 0.2) is 30.3 Å². The van der Waals surface area contributed by atoms with Crippen LogP contribution in [0.25, 0.3) is 0 Å². The highest BCUT2D eigenvalue weighted by molar-refractivity contribution is 5.30. The van der Waals surface area contributed by atoms with Gasteiger partial charge in [0.2, 0.25) is 0 Å². The number of aromatic amines is 1. The lowest BCUT2D eigenvalue weighted by Gasteiger charge is -2.34. The van der Waals surface area contributed by atoms with Gasteiger partial charge in [-0.25, -0.2) is 0 Å². The minimum Gasteiger partial charge on any atom is -0.493 e. The number of hydrogen-bond donors (Lipinski definition) is 1. The summed E-state index contributed by atoms with van der Waals surface area (Å²) in [5.41, 5.74) is 0.990. The molecular weight excluding hydrogens is 359 g/mol. The van der Waals surface area contributed by atoms with E-state index in [1.807, 2.05) is 6.07 Å². The third kappa shape index (κ3) is 5.23. The summed E-state index contributed by atoms with van der Waals surface area (Å²) in [6, 6.07) is 7.28. The molecule has 3 rings (SSSR count).